The first-order chi connectivity index (χ1) is 16.1. The summed E-state index contributed by atoms with van der Waals surface area (Å²) in [5.74, 6) is -0.0725. The normalized spacial score (nSPS) is 14.6. The van der Waals surface area contributed by atoms with E-state index in [1.807, 2.05) is 47.4 Å². The molecule has 0 saturated carbocycles. The molecule has 1 aliphatic rings. The molecule has 1 aliphatic heterocycles. The van der Waals surface area contributed by atoms with Crippen LogP contribution in [-0.2, 0) is 17.9 Å². The van der Waals surface area contributed by atoms with Crippen LogP contribution in [0, 0.1) is 0 Å². The Morgan fingerprint density at radius 3 is 2.55 bits per heavy atom. The molecule has 6 nitrogen and oxygen atoms in total. The second kappa shape index (κ2) is 9.47. The van der Waals surface area contributed by atoms with Crippen LogP contribution in [0.3, 0.4) is 0 Å². The fourth-order valence-corrected chi connectivity index (χ4v) is 5.50. The van der Waals surface area contributed by atoms with E-state index in [-0.39, 0.29) is 18.0 Å². The molecule has 1 saturated heterocycles. The third-order valence-electron chi connectivity index (χ3n) is 5.95. The summed E-state index contributed by atoms with van der Waals surface area (Å²) in [7, 11) is 0. The lowest BCUT2D eigenvalue weighted by atomic mass is 10.2. The van der Waals surface area contributed by atoms with Crippen LogP contribution in [0.25, 0.3) is 21.2 Å². The van der Waals surface area contributed by atoms with Gasteiger partial charge in [-0.2, -0.15) is 5.10 Å². The lowest BCUT2D eigenvalue weighted by molar-refractivity contribution is -0.133. The van der Waals surface area contributed by atoms with Gasteiger partial charge in [0.2, 0.25) is 5.91 Å². The molecule has 1 fully saturated rings. The second-order valence-electron chi connectivity index (χ2n) is 8.10. The number of hydrogen-bond donors (Lipinski definition) is 0. The number of fused-ring (bicyclic) bond motifs is 1. The van der Waals surface area contributed by atoms with Gasteiger partial charge in [0.05, 0.1) is 11.6 Å². The molecular weight excluding hydrogens is 456 g/mol. The number of hydrogen-bond acceptors (Lipinski definition) is 5. The third-order valence-corrected chi connectivity index (χ3v) is 7.39. The van der Waals surface area contributed by atoms with E-state index in [1.165, 1.54) is 9.56 Å². The van der Waals surface area contributed by atoms with E-state index < -0.39 is 0 Å². The number of piperazine rings is 1. The van der Waals surface area contributed by atoms with Gasteiger partial charge in [0, 0.05) is 58.5 Å². The largest absolute Gasteiger partial charge is 0.339 e. The van der Waals surface area contributed by atoms with Crippen molar-refractivity contribution in [2.24, 2.45) is 0 Å². The highest BCUT2D eigenvalue weighted by Gasteiger charge is 2.22. The summed E-state index contributed by atoms with van der Waals surface area (Å²) in [6, 6.07) is 19.5. The van der Waals surface area contributed by atoms with Gasteiger partial charge in [-0.3, -0.25) is 14.5 Å². The molecule has 33 heavy (non-hydrogen) atoms. The SMILES string of the molecule is O=C(Cn1ncc2ccccc2c1=O)N1CCN(Cc2ccc(-c3ccccc3Cl)s2)CC1. The Bertz CT molecular complexity index is 1360. The maximum absolute atomic E-state index is 12.8. The average Bonchev–Trinajstić information content (AvgIpc) is 3.30. The van der Waals surface area contributed by atoms with E-state index in [2.05, 4.69) is 22.1 Å². The van der Waals surface area contributed by atoms with Crippen LogP contribution >= 0.6 is 22.9 Å². The number of halogens is 1. The maximum atomic E-state index is 12.8. The fourth-order valence-electron chi connectivity index (χ4n) is 4.11. The van der Waals surface area contributed by atoms with Crippen LogP contribution in [0.4, 0.5) is 0 Å². The van der Waals surface area contributed by atoms with E-state index in [9.17, 15) is 9.59 Å². The van der Waals surface area contributed by atoms with Gasteiger partial charge in [0.25, 0.3) is 5.56 Å². The molecular formula is C25H23ClN4O2S. The van der Waals surface area contributed by atoms with Gasteiger partial charge in [-0.05, 0) is 24.3 Å². The lowest BCUT2D eigenvalue weighted by Gasteiger charge is -2.34. The molecule has 0 radical (unpaired) electrons. The molecule has 0 spiro atoms. The number of carbonyl (C=O) groups is 1. The minimum absolute atomic E-state index is 0.0320. The maximum Gasteiger partial charge on any atom is 0.275 e. The van der Waals surface area contributed by atoms with Gasteiger partial charge < -0.3 is 4.90 Å². The van der Waals surface area contributed by atoms with Crippen molar-refractivity contribution in [2.45, 2.75) is 13.1 Å². The van der Waals surface area contributed by atoms with Crippen LogP contribution < -0.4 is 5.56 Å². The smallest absolute Gasteiger partial charge is 0.275 e. The number of rotatable bonds is 5. The van der Waals surface area contributed by atoms with Gasteiger partial charge in [-0.25, -0.2) is 4.68 Å². The van der Waals surface area contributed by atoms with Gasteiger partial charge in [-0.1, -0.05) is 48.0 Å². The first-order valence-electron chi connectivity index (χ1n) is 10.9. The average molecular weight is 479 g/mol. The van der Waals surface area contributed by atoms with Crippen LogP contribution in [-0.4, -0.2) is 51.7 Å². The van der Waals surface area contributed by atoms with Crippen molar-refractivity contribution < 1.29 is 4.79 Å². The number of amides is 1. The predicted molar refractivity (Wildman–Crippen MR) is 133 cm³/mol. The fraction of sp³-hybridized carbons (Fsp3) is 0.240. The molecule has 0 atom stereocenters. The summed E-state index contributed by atoms with van der Waals surface area (Å²) < 4.78 is 1.26. The molecule has 0 aliphatic carbocycles. The first-order valence-corrected chi connectivity index (χ1v) is 12.1. The van der Waals surface area contributed by atoms with Crippen LogP contribution in [0.1, 0.15) is 4.88 Å². The molecule has 8 heteroatoms. The van der Waals surface area contributed by atoms with E-state index in [0.717, 1.165) is 40.5 Å². The topological polar surface area (TPSA) is 58.4 Å². The Morgan fingerprint density at radius 2 is 1.73 bits per heavy atom. The van der Waals surface area contributed by atoms with E-state index in [4.69, 9.17) is 11.6 Å². The highest BCUT2D eigenvalue weighted by molar-refractivity contribution is 7.15. The zero-order chi connectivity index (χ0) is 22.8. The van der Waals surface area contributed by atoms with Crippen LogP contribution in [0.2, 0.25) is 5.02 Å². The Kier molecular flexibility index (Phi) is 6.26. The number of nitrogens with zero attached hydrogens (tertiary/aromatic N) is 4. The number of aromatic nitrogens is 2. The van der Waals surface area contributed by atoms with Gasteiger partial charge in [-0.15, -0.1) is 11.3 Å². The van der Waals surface area contributed by atoms with Crippen molar-refractivity contribution in [2.75, 3.05) is 26.2 Å². The van der Waals surface area contributed by atoms with Crippen molar-refractivity contribution in [1.29, 1.82) is 0 Å². The zero-order valence-electron chi connectivity index (χ0n) is 18.0. The molecule has 0 bridgehead atoms. The molecule has 1 amide bonds. The van der Waals surface area contributed by atoms with Crippen molar-refractivity contribution in [1.82, 2.24) is 19.6 Å². The van der Waals surface area contributed by atoms with Gasteiger partial charge in [0.1, 0.15) is 6.54 Å². The van der Waals surface area contributed by atoms with Crippen molar-refractivity contribution in [3.8, 4) is 10.4 Å². The Labute approximate surface area is 200 Å². The number of thiophene rings is 1. The van der Waals surface area contributed by atoms with Crippen molar-refractivity contribution in [3.63, 3.8) is 0 Å². The summed E-state index contributed by atoms with van der Waals surface area (Å²) in [6.07, 6.45) is 1.64. The van der Waals surface area contributed by atoms with E-state index in [1.54, 1.807) is 23.6 Å². The highest BCUT2D eigenvalue weighted by Crippen LogP contribution is 2.33. The van der Waals surface area contributed by atoms with E-state index >= 15 is 0 Å². The third kappa shape index (κ3) is 4.71. The Hall–Kier alpha value is -3.00. The molecule has 0 N–H and O–H groups in total. The highest BCUT2D eigenvalue weighted by atomic mass is 35.5. The van der Waals surface area contributed by atoms with Gasteiger partial charge >= 0.3 is 0 Å². The molecule has 4 aromatic rings. The van der Waals surface area contributed by atoms with Crippen LogP contribution in [0.15, 0.2) is 71.7 Å². The van der Waals surface area contributed by atoms with Crippen LogP contribution in [0.5, 0.6) is 0 Å². The minimum Gasteiger partial charge on any atom is -0.339 e. The summed E-state index contributed by atoms with van der Waals surface area (Å²) in [6.45, 7) is 3.70. The van der Waals surface area contributed by atoms with E-state index in [0.29, 0.717) is 18.5 Å². The minimum atomic E-state index is -0.230. The molecule has 2 aromatic carbocycles. The summed E-state index contributed by atoms with van der Waals surface area (Å²) in [5, 5.41) is 6.31. The second-order valence-corrected chi connectivity index (χ2v) is 9.67. The molecule has 168 valence electrons. The molecule has 0 unspecified atom stereocenters. The molecule has 5 rings (SSSR count). The number of benzene rings is 2. The standard InChI is InChI=1S/C25H23ClN4O2S/c26-22-8-4-3-7-21(22)23-10-9-19(33-23)16-28-11-13-29(14-12-28)24(31)17-30-25(32)20-6-2-1-5-18(20)15-27-30/h1-10,15H,11-14,16-17H2. The monoisotopic (exact) mass is 478 g/mol. The Balaban J connectivity index is 1.18. The summed E-state index contributed by atoms with van der Waals surface area (Å²) >= 11 is 8.09. The number of carbonyl (C=O) groups excluding carboxylic acids is 1. The van der Waals surface area contributed by atoms with Gasteiger partial charge in [0.15, 0.2) is 0 Å². The molecule has 2 aromatic heterocycles. The Morgan fingerprint density at radius 1 is 0.970 bits per heavy atom. The van der Waals surface area contributed by atoms with Crippen molar-refractivity contribution >= 4 is 39.6 Å². The zero-order valence-corrected chi connectivity index (χ0v) is 19.6. The quantitative estimate of drug-likeness (QED) is 0.433. The summed E-state index contributed by atoms with van der Waals surface area (Å²) in [5.41, 5.74) is 0.829. The lowest BCUT2D eigenvalue weighted by Crippen LogP contribution is -2.49. The van der Waals surface area contributed by atoms with Crippen molar-refractivity contribution in [3.05, 3.63) is 87.1 Å². The predicted octanol–water partition coefficient (Wildman–Crippen LogP) is 4.12. The summed E-state index contributed by atoms with van der Waals surface area (Å²) in [4.78, 5) is 32.1. The molecule has 3 heterocycles. The first kappa shape index (κ1) is 21.8.